The number of anilines is 1. The first kappa shape index (κ1) is 37.4. The van der Waals surface area contributed by atoms with Crippen molar-refractivity contribution in [3.63, 3.8) is 0 Å². The molecule has 0 saturated heterocycles. The molecule has 1 fully saturated rings. The summed E-state index contributed by atoms with van der Waals surface area (Å²) in [6.45, 7) is 0.644. The Morgan fingerprint density at radius 3 is 2.08 bits per heavy atom. The second-order valence-corrected chi connectivity index (χ2v) is 12.8. The topological polar surface area (TPSA) is 115 Å². The number of aromatic nitrogens is 5. The van der Waals surface area contributed by atoms with Crippen LogP contribution in [0.5, 0.6) is 28.7 Å². The van der Waals surface area contributed by atoms with Gasteiger partial charge in [-0.15, -0.1) is 5.10 Å². The van der Waals surface area contributed by atoms with Crippen LogP contribution in [-0.4, -0.2) is 70.9 Å². The molecule has 0 radical (unpaired) electrons. The normalized spacial score (nSPS) is 16.4. The molecule has 6 rings (SSSR count). The van der Waals surface area contributed by atoms with E-state index in [1.807, 2.05) is 29.2 Å². The Kier molecular flexibility index (Phi) is 11.7. The lowest BCUT2D eigenvalue weighted by molar-refractivity contribution is -0.220. The van der Waals surface area contributed by atoms with E-state index >= 15 is 0 Å². The third-order valence-corrected chi connectivity index (χ3v) is 9.38. The lowest BCUT2D eigenvalue weighted by Gasteiger charge is -2.35. The number of hydrogen-bond acceptors (Lipinski definition) is 12. The van der Waals surface area contributed by atoms with Crippen LogP contribution in [0, 0.1) is 5.92 Å². The molecule has 1 aliphatic carbocycles. The van der Waals surface area contributed by atoms with E-state index < -0.39 is 29.5 Å². The summed E-state index contributed by atoms with van der Waals surface area (Å²) in [4.78, 5) is 11.2. The van der Waals surface area contributed by atoms with Crippen LogP contribution in [0.4, 0.5) is 19.0 Å². The van der Waals surface area contributed by atoms with Crippen molar-refractivity contribution in [2.24, 2.45) is 5.92 Å². The molecule has 2 aromatic heterocycles. The monoisotopic (exact) mass is 752 g/mol. The fourth-order valence-electron chi connectivity index (χ4n) is 6.65. The SMILES string of the molecule is COc1ccc(CN(Cc2ccc(OC)cc2OC)c2ncnc3c2nnn3C2CCCC(C(OC(=S)Oc3ccccc3)C(F)(F)F)C2)c(OC)c1. The van der Waals surface area contributed by atoms with Crippen molar-refractivity contribution in [3.05, 3.63) is 84.2 Å². The summed E-state index contributed by atoms with van der Waals surface area (Å²) in [6, 6.07) is 18.9. The Bertz CT molecular complexity index is 1960. The molecule has 0 aliphatic heterocycles. The molecule has 1 aliphatic rings. The first-order valence-corrected chi connectivity index (χ1v) is 17.3. The van der Waals surface area contributed by atoms with Gasteiger partial charge in [-0.1, -0.05) is 29.8 Å². The highest BCUT2D eigenvalue weighted by molar-refractivity contribution is 7.79. The lowest BCUT2D eigenvalue weighted by atomic mass is 9.82. The van der Waals surface area contributed by atoms with E-state index in [0.717, 1.165) is 11.1 Å². The molecule has 3 aromatic carbocycles. The number of fused-ring (bicyclic) bond motifs is 1. The van der Waals surface area contributed by atoms with E-state index in [-0.39, 0.29) is 18.6 Å². The molecule has 5 aromatic rings. The van der Waals surface area contributed by atoms with Gasteiger partial charge in [-0.05, 0) is 55.7 Å². The van der Waals surface area contributed by atoms with Gasteiger partial charge in [-0.25, -0.2) is 14.6 Å². The number of thiocarbonyl (C=S) groups is 1. The quantitative estimate of drug-likeness (QED) is 0.111. The zero-order valence-corrected chi connectivity index (χ0v) is 30.4. The number of para-hydroxylation sites is 1. The molecule has 0 amide bonds. The molecule has 0 spiro atoms. The summed E-state index contributed by atoms with van der Waals surface area (Å²) in [5, 5.41) is 8.35. The third-order valence-electron chi connectivity index (χ3n) is 9.20. The second kappa shape index (κ2) is 16.5. The number of methoxy groups -OCH3 is 4. The van der Waals surface area contributed by atoms with Crippen molar-refractivity contribution >= 4 is 34.4 Å². The van der Waals surface area contributed by atoms with Gasteiger partial charge in [0.05, 0.1) is 34.5 Å². The van der Waals surface area contributed by atoms with Crippen LogP contribution in [0.2, 0.25) is 0 Å². The minimum absolute atomic E-state index is 0.103. The van der Waals surface area contributed by atoms with Gasteiger partial charge in [-0.3, -0.25) is 0 Å². The van der Waals surface area contributed by atoms with E-state index in [2.05, 4.69) is 20.3 Å². The van der Waals surface area contributed by atoms with Crippen LogP contribution >= 0.6 is 12.2 Å². The molecule has 3 unspecified atom stereocenters. The third kappa shape index (κ3) is 8.64. The van der Waals surface area contributed by atoms with Gasteiger partial charge >= 0.3 is 11.4 Å². The number of benzene rings is 3. The van der Waals surface area contributed by atoms with Crippen LogP contribution in [0.25, 0.3) is 11.2 Å². The number of hydrogen-bond donors (Lipinski definition) is 0. The second-order valence-electron chi connectivity index (χ2n) is 12.4. The van der Waals surface area contributed by atoms with Gasteiger partial charge in [0.2, 0.25) is 6.10 Å². The summed E-state index contributed by atoms with van der Waals surface area (Å²) < 4.78 is 78.0. The van der Waals surface area contributed by atoms with Crippen molar-refractivity contribution in [3.8, 4) is 28.7 Å². The van der Waals surface area contributed by atoms with Crippen molar-refractivity contribution in [1.82, 2.24) is 25.0 Å². The smallest absolute Gasteiger partial charge is 0.425 e. The van der Waals surface area contributed by atoms with Crippen LogP contribution in [-0.2, 0) is 17.8 Å². The highest BCUT2D eigenvalue weighted by atomic mass is 32.1. The maximum absolute atomic E-state index is 14.5. The van der Waals surface area contributed by atoms with E-state index in [0.29, 0.717) is 65.9 Å². The summed E-state index contributed by atoms with van der Waals surface area (Å²) in [6.07, 6.45) is -4.01. The van der Waals surface area contributed by atoms with Crippen molar-refractivity contribution in [2.75, 3.05) is 33.3 Å². The van der Waals surface area contributed by atoms with Gasteiger partial charge in [0, 0.05) is 54.5 Å². The predicted octanol–water partition coefficient (Wildman–Crippen LogP) is 7.51. The number of halogens is 3. The molecule has 280 valence electrons. The van der Waals surface area contributed by atoms with Crippen molar-refractivity contribution in [1.29, 1.82) is 0 Å². The number of rotatable bonds is 13. The summed E-state index contributed by atoms with van der Waals surface area (Å²) in [5.74, 6) is 2.31. The zero-order chi connectivity index (χ0) is 37.5. The van der Waals surface area contributed by atoms with Crippen LogP contribution < -0.4 is 28.6 Å². The average molecular weight is 753 g/mol. The van der Waals surface area contributed by atoms with Crippen molar-refractivity contribution < 1.29 is 41.6 Å². The predicted molar refractivity (Wildman–Crippen MR) is 194 cm³/mol. The molecule has 16 heteroatoms. The molecular weight excluding hydrogens is 714 g/mol. The highest BCUT2D eigenvalue weighted by Gasteiger charge is 2.49. The van der Waals surface area contributed by atoms with Gasteiger partial charge in [0.1, 0.15) is 35.1 Å². The fourth-order valence-corrected chi connectivity index (χ4v) is 6.85. The highest BCUT2D eigenvalue weighted by Crippen LogP contribution is 2.42. The van der Waals surface area contributed by atoms with E-state index in [9.17, 15) is 13.2 Å². The van der Waals surface area contributed by atoms with E-state index in [4.69, 9.17) is 40.6 Å². The van der Waals surface area contributed by atoms with E-state index in [1.165, 1.54) is 6.33 Å². The van der Waals surface area contributed by atoms with Crippen LogP contribution in [0.1, 0.15) is 42.9 Å². The summed E-state index contributed by atoms with van der Waals surface area (Å²) >= 11 is 5.09. The summed E-state index contributed by atoms with van der Waals surface area (Å²) in [7, 11) is 6.33. The first-order valence-electron chi connectivity index (χ1n) is 16.8. The van der Waals surface area contributed by atoms with Gasteiger partial charge in [0.15, 0.2) is 17.0 Å². The maximum atomic E-state index is 14.5. The standard InChI is InChI=1S/C37H39F3N6O6S/c1-47-28-15-13-24(30(18-28)49-3)20-45(21-25-14-16-29(48-2)19-31(25)50-4)34-32-35(42-22-41-34)46(44-43-32)26-10-8-9-23(17-26)33(37(38,39)40)52-36(53)51-27-11-6-5-7-12-27/h5-7,11-16,18-19,22-23,26,33H,8-10,17,20-21H2,1-4H3. The summed E-state index contributed by atoms with van der Waals surface area (Å²) in [5.41, 5.74) is 2.45. The van der Waals surface area contributed by atoms with Crippen LogP contribution in [0.15, 0.2) is 73.1 Å². The molecule has 0 N–H and O–H groups in total. The molecule has 2 heterocycles. The number of ether oxygens (including phenoxy) is 6. The number of nitrogens with zero attached hydrogens (tertiary/aromatic N) is 6. The molecule has 12 nitrogen and oxygen atoms in total. The molecule has 53 heavy (non-hydrogen) atoms. The number of alkyl halides is 3. The van der Waals surface area contributed by atoms with Gasteiger partial charge in [0.25, 0.3) is 0 Å². The fraction of sp³-hybridized carbons (Fsp3) is 0.378. The lowest BCUT2D eigenvalue weighted by Crippen LogP contribution is -2.43. The molecule has 3 atom stereocenters. The maximum Gasteiger partial charge on any atom is 0.425 e. The van der Waals surface area contributed by atoms with E-state index in [1.54, 1.807) is 75.6 Å². The molecule has 0 bridgehead atoms. The Labute approximate surface area is 309 Å². The minimum atomic E-state index is -4.69. The minimum Gasteiger partial charge on any atom is -0.497 e. The Hall–Kier alpha value is -5.38. The van der Waals surface area contributed by atoms with Crippen molar-refractivity contribution in [2.45, 2.75) is 57.1 Å². The molecule has 1 saturated carbocycles. The Balaban J connectivity index is 1.31. The Morgan fingerprint density at radius 1 is 0.849 bits per heavy atom. The Morgan fingerprint density at radius 2 is 1.49 bits per heavy atom. The largest absolute Gasteiger partial charge is 0.497 e. The van der Waals surface area contributed by atoms with Gasteiger partial charge in [-0.2, -0.15) is 13.2 Å². The molecular formula is C37H39F3N6O6S. The average Bonchev–Trinajstić information content (AvgIpc) is 3.61. The zero-order valence-electron chi connectivity index (χ0n) is 29.6. The van der Waals surface area contributed by atoms with Gasteiger partial charge < -0.3 is 33.3 Å². The first-order chi connectivity index (χ1) is 25.6. The van der Waals surface area contributed by atoms with Crippen LogP contribution in [0.3, 0.4) is 0 Å².